The van der Waals surface area contributed by atoms with E-state index in [0.29, 0.717) is 25.2 Å². The molecule has 0 aliphatic carbocycles. The molecule has 6 nitrogen and oxygen atoms in total. The molecule has 0 saturated carbocycles. The fourth-order valence-corrected chi connectivity index (χ4v) is 2.67. The number of piperidine rings is 1. The molecule has 1 fully saturated rings. The van der Waals surface area contributed by atoms with Crippen LogP contribution in [0.25, 0.3) is 0 Å². The molecule has 1 aliphatic rings. The van der Waals surface area contributed by atoms with Crippen molar-refractivity contribution >= 4 is 12.0 Å². The molecule has 1 aliphatic heterocycles. The first kappa shape index (κ1) is 18.3. The molecule has 132 valence electrons. The van der Waals surface area contributed by atoms with Gasteiger partial charge in [0, 0.05) is 31.2 Å². The molecule has 3 N–H and O–H groups in total. The fraction of sp³-hybridized carbons (Fsp3) is 0.556. The maximum absolute atomic E-state index is 12.5. The van der Waals surface area contributed by atoms with Gasteiger partial charge in [-0.1, -0.05) is 12.1 Å². The molecule has 0 radical (unpaired) electrons. The molecule has 6 heteroatoms. The molecule has 0 bridgehead atoms. The highest BCUT2D eigenvalue weighted by molar-refractivity contribution is 5.94. The van der Waals surface area contributed by atoms with E-state index in [-0.39, 0.29) is 11.9 Å². The van der Waals surface area contributed by atoms with E-state index in [2.05, 4.69) is 5.32 Å². The van der Waals surface area contributed by atoms with Crippen molar-refractivity contribution in [1.29, 1.82) is 0 Å². The molecule has 0 aromatic heterocycles. The van der Waals surface area contributed by atoms with Crippen molar-refractivity contribution < 1.29 is 14.3 Å². The summed E-state index contributed by atoms with van der Waals surface area (Å²) >= 11 is 0. The molecule has 0 unspecified atom stereocenters. The second kappa shape index (κ2) is 7.66. The second-order valence-corrected chi connectivity index (χ2v) is 7.11. The third kappa shape index (κ3) is 5.23. The Bertz CT molecular complexity index is 570. The van der Waals surface area contributed by atoms with Gasteiger partial charge in [0.25, 0.3) is 5.91 Å². The van der Waals surface area contributed by atoms with Gasteiger partial charge < -0.3 is 20.7 Å². The van der Waals surface area contributed by atoms with Crippen LogP contribution in [0.3, 0.4) is 0 Å². The van der Waals surface area contributed by atoms with E-state index < -0.39 is 11.7 Å². The maximum Gasteiger partial charge on any atom is 0.407 e. The van der Waals surface area contributed by atoms with Gasteiger partial charge in [-0.3, -0.25) is 4.79 Å². The highest BCUT2D eigenvalue weighted by Crippen LogP contribution is 2.15. The first-order chi connectivity index (χ1) is 11.3. The molecule has 2 amide bonds. The molecule has 1 aromatic rings. The zero-order chi connectivity index (χ0) is 17.7. The smallest absolute Gasteiger partial charge is 0.407 e. The number of nitrogens with zero attached hydrogens (tertiary/aromatic N) is 1. The molecule has 0 atom stereocenters. The van der Waals surface area contributed by atoms with Crippen LogP contribution < -0.4 is 11.1 Å². The van der Waals surface area contributed by atoms with Crippen LogP contribution in [-0.2, 0) is 11.3 Å². The number of ether oxygens (including phenoxy) is 1. The van der Waals surface area contributed by atoms with Gasteiger partial charge in [-0.05, 0) is 51.3 Å². The van der Waals surface area contributed by atoms with Crippen LogP contribution in [0, 0.1) is 0 Å². The Morgan fingerprint density at radius 3 is 2.29 bits per heavy atom. The summed E-state index contributed by atoms with van der Waals surface area (Å²) in [5.74, 6) is 0.0225. The van der Waals surface area contributed by atoms with E-state index in [1.54, 1.807) is 0 Å². The molecule has 1 heterocycles. The SMILES string of the molecule is CC(C)(C)OC(=O)NC1CCN(C(=O)c2ccc(CN)cc2)CC1. The van der Waals surface area contributed by atoms with Gasteiger partial charge in [0.05, 0.1) is 0 Å². The Morgan fingerprint density at radius 1 is 1.21 bits per heavy atom. The van der Waals surface area contributed by atoms with E-state index in [4.69, 9.17) is 10.5 Å². The Hall–Kier alpha value is -2.08. The maximum atomic E-state index is 12.5. The number of carbonyl (C=O) groups excluding carboxylic acids is 2. The van der Waals surface area contributed by atoms with Crippen LogP contribution in [0.4, 0.5) is 4.79 Å². The van der Waals surface area contributed by atoms with Crippen molar-refractivity contribution in [2.45, 2.75) is 51.8 Å². The van der Waals surface area contributed by atoms with Crippen LogP contribution in [-0.4, -0.2) is 41.6 Å². The van der Waals surface area contributed by atoms with Gasteiger partial charge in [0.2, 0.25) is 0 Å². The summed E-state index contributed by atoms with van der Waals surface area (Å²) in [5.41, 5.74) is 6.75. The Morgan fingerprint density at radius 2 is 1.79 bits per heavy atom. The summed E-state index contributed by atoms with van der Waals surface area (Å²) in [6.45, 7) is 7.23. The summed E-state index contributed by atoms with van der Waals surface area (Å²) in [4.78, 5) is 26.1. The van der Waals surface area contributed by atoms with Crippen molar-refractivity contribution in [3.8, 4) is 0 Å². The summed E-state index contributed by atoms with van der Waals surface area (Å²) in [6, 6.07) is 7.43. The topological polar surface area (TPSA) is 84.7 Å². The number of amides is 2. The predicted octanol–water partition coefficient (Wildman–Crippen LogP) is 2.27. The highest BCUT2D eigenvalue weighted by atomic mass is 16.6. The first-order valence-electron chi connectivity index (χ1n) is 8.36. The van der Waals surface area contributed by atoms with Crippen LogP contribution in [0.2, 0.25) is 0 Å². The number of hydrogen-bond donors (Lipinski definition) is 2. The lowest BCUT2D eigenvalue weighted by atomic mass is 10.0. The Balaban J connectivity index is 1.83. The van der Waals surface area contributed by atoms with Crippen LogP contribution in [0.1, 0.15) is 49.5 Å². The molecule has 0 spiro atoms. The van der Waals surface area contributed by atoms with Gasteiger partial charge in [-0.15, -0.1) is 0 Å². The van der Waals surface area contributed by atoms with Crippen molar-refractivity contribution in [2.75, 3.05) is 13.1 Å². The lowest BCUT2D eigenvalue weighted by molar-refractivity contribution is 0.0473. The second-order valence-electron chi connectivity index (χ2n) is 7.11. The Kier molecular flexibility index (Phi) is 5.83. The molecular formula is C18H27N3O3. The van der Waals surface area contributed by atoms with Crippen molar-refractivity contribution in [3.05, 3.63) is 35.4 Å². The van der Waals surface area contributed by atoms with Gasteiger partial charge in [0.1, 0.15) is 5.60 Å². The largest absolute Gasteiger partial charge is 0.444 e. The number of benzene rings is 1. The number of carbonyl (C=O) groups is 2. The molecule has 1 saturated heterocycles. The zero-order valence-corrected chi connectivity index (χ0v) is 14.7. The fourth-order valence-electron chi connectivity index (χ4n) is 2.67. The number of likely N-dealkylation sites (tertiary alicyclic amines) is 1. The number of nitrogens with two attached hydrogens (primary N) is 1. The minimum absolute atomic E-state index is 0.0225. The molecular weight excluding hydrogens is 306 g/mol. The van der Waals surface area contributed by atoms with E-state index in [0.717, 1.165) is 18.4 Å². The summed E-state index contributed by atoms with van der Waals surface area (Å²) < 4.78 is 5.27. The van der Waals surface area contributed by atoms with E-state index in [1.165, 1.54) is 0 Å². The zero-order valence-electron chi connectivity index (χ0n) is 14.7. The first-order valence-corrected chi connectivity index (χ1v) is 8.36. The summed E-state index contributed by atoms with van der Waals surface area (Å²) in [7, 11) is 0. The van der Waals surface area contributed by atoms with Crippen molar-refractivity contribution in [1.82, 2.24) is 10.2 Å². The highest BCUT2D eigenvalue weighted by Gasteiger charge is 2.26. The predicted molar refractivity (Wildman–Crippen MR) is 92.6 cm³/mol. The van der Waals surface area contributed by atoms with Crippen molar-refractivity contribution in [2.24, 2.45) is 5.73 Å². The van der Waals surface area contributed by atoms with Crippen LogP contribution in [0.5, 0.6) is 0 Å². The van der Waals surface area contributed by atoms with Crippen LogP contribution in [0.15, 0.2) is 24.3 Å². The number of alkyl carbamates (subject to hydrolysis) is 1. The average Bonchev–Trinajstić information content (AvgIpc) is 2.53. The van der Waals surface area contributed by atoms with Gasteiger partial charge in [-0.2, -0.15) is 0 Å². The van der Waals surface area contributed by atoms with Crippen molar-refractivity contribution in [3.63, 3.8) is 0 Å². The molecule has 24 heavy (non-hydrogen) atoms. The minimum Gasteiger partial charge on any atom is -0.444 e. The van der Waals surface area contributed by atoms with E-state index in [1.807, 2.05) is 49.9 Å². The number of hydrogen-bond acceptors (Lipinski definition) is 4. The van der Waals surface area contributed by atoms with E-state index >= 15 is 0 Å². The number of nitrogens with one attached hydrogen (secondary N) is 1. The van der Waals surface area contributed by atoms with Gasteiger partial charge in [0.15, 0.2) is 0 Å². The third-order valence-corrected chi connectivity index (χ3v) is 3.94. The Labute approximate surface area is 143 Å². The lowest BCUT2D eigenvalue weighted by Gasteiger charge is -2.33. The third-order valence-electron chi connectivity index (χ3n) is 3.94. The van der Waals surface area contributed by atoms with Crippen LogP contribution >= 0.6 is 0 Å². The standard InChI is InChI=1S/C18H27N3O3/c1-18(2,3)24-17(23)20-15-8-10-21(11-9-15)16(22)14-6-4-13(12-19)5-7-14/h4-7,15H,8-12,19H2,1-3H3,(H,20,23). The minimum atomic E-state index is -0.504. The summed E-state index contributed by atoms with van der Waals surface area (Å²) in [5, 5.41) is 2.88. The normalized spacial score (nSPS) is 15.9. The van der Waals surface area contributed by atoms with E-state index in [9.17, 15) is 9.59 Å². The van der Waals surface area contributed by atoms with Gasteiger partial charge in [-0.25, -0.2) is 4.79 Å². The molecule has 2 rings (SSSR count). The molecule has 1 aromatic carbocycles. The monoisotopic (exact) mass is 333 g/mol. The lowest BCUT2D eigenvalue weighted by Crippen LogP contribution is -2.47. The average molecular weight is 333 g/mol. The van der Waals surface area contributed by atoms with Gasteiger partial charge >= 0.3 is 6.09 Å². The quantitative estimate of drug-likeness (QED) is 0.889. The summed E-state index contributed by atoms with van der Waals surface area (Å²) in [6.07, 6.45) is 1.06. The number of rotatable bonds is 3.